The second kappa shape index (κ2) is 5.57. The lowest BCUT2D eigenvalue weighted by atomic mass is 9.98. The Balaban J connectivity index is 1.64. The van der Waals surface area contributed by atoms with Crippen LogP contribution in [0.4, 0.5) is 5.69 Å². The van der Waals surface area contributed by atoms with Crippen LogP contribution in [0.25, 0.3) is 10.9 Å². The van der Waals surface area contributed by atoms with Crippen molar-refractivity contribution in [1.29, 1.82) is 0 Å². The molecule has 1 aromatic heterocycles. The average Bonchev–Trinajstić information content (AvgIpc) is 2.45. The summed E-state index contributed by atoms with van der Waals surface area (Å²) >= 11 is 0. The minimum absolute atomic E-state index is 0.767. The molecule has 3 rings (SSSR count). The molecule has 0 bridgehead atoms. The number of nitrogens with one attached hydrogen (secondary N) is 1. The van der Waals surface area contributed by atoms with E-state index in [1.807, 2.05) is 12.3 Å². The number of fused-ring (bicyclic) bond motifs is 1. The highest BCUT2D eigenvalue weighted by atomic mass is 15.1. The molecule has 1 unspecified atom stereocenters. The SMILES string of the molecule is CN1CCCC(CNc2ccc3ncccc3c2)C1. The lowest BCUT2D eigenvalue weighted by Gasteiger charge is -2.30. The predicted molar refractivity (Wildman–Crippen MR) is 80.5 cm³/mol. The van der Waals surface area contributed by atoms with Gasteiger partial charge in [-0.15, -0.1) is 0 Å². The van der Waals surface area contributed by atoms with E-state index in [4.69, 9.17) is 0 Å². The van der Waals surface area contributed by atoms with Crippen molar-refractivity contribution in [3.8, 4) is 0 Å². The third-order valence-corrected chi connectivity index (χ3v) is 3.92. The number of rotatable bonds is 3. The molecule has 3 heteroatoms. The Morgan fingerprint density at radius 1 is 1.37 bits per heavy atom. The fraction of sp³-hybridized carbons (Fsp3) is 0.438. The van der Waals surface area contributed by atoms with Crippen LogP contribution in [0.3, 0.4) is 0 Å². The minimum atomic E-state index is 0.767. The summed E-state index contributed by atoms with van der Waals surface area (Å²) in [4.78, 5) is 6.78. The summed E-state index contributed by atoms with van der Waals surface area (Å²) in [6.45, 7) is 3.52. The summed E-state index contributed by atoms with van der Waals surface area (Å²) in [5.74, 6) is 0.767. The highest BCUT2D eigenvalue weighted by Gasteiger charge is 2.16. The zero-order valence-corrected chi connectivity index (χ0v) is 11.5. The van der Waals surface area contributed by atoms with E-state index in [0.717, 1.165) is 18.0 Å². The third kappa shape index (κ3) is 3.04. The number of benzene rings is 1. The first-order chi connectivity index (χ1) is 9.31. The second-order valence-corrected chi connectivity index (χ2v) is 5.56. The molecule has 1 aliphatic heterocycles. The number of hydrogen-bond donors (Lipinski definition) is 1. The summed E-state index contributed by atoms with van der Waals surface area (Å²) in [6, 6.07) is 10.5. The third-order valence-electron chi connectivity index (χ3n) is 3.92. The first kappa shape index (κ1) is 12.4. The molecule has 1 saturated heterocycles. The number of likely N-dealkylation sites (tertiary alicyclic amines) is 1. The van der Waals surface area contributed by atoms with Crippen LogP contribution in [0.2, 0.25) is 0 Å². The molecule has 0 amide bonds. The van der Waals surface area contributed by atoms with Gasteiger partial charge in [-0.25, -0.2) is 0 Å². The predicted octanol–water partition coefficient (Wildman–Crippen LogP) is 2.99. The number of anilines is 1. The molecule has 1 atom stereocenters. The summed E-state index contributed by atoms with van der Waals surface area (Å²) in [6.07, 6.45) is 4.50. The molecule has 0 saturated carbocycles. The molecule has 0 radical (unpaired) electrons. The van der Waals surface area contributed by atoms with Gasteiger partial charge in [0, 0.05) is 30.4 Å². The second-order valence-electron chi connectivity index (χ2n) is 5.56. The molecule has 1 aromatic carbocycles. The molecule has 0 aliphatic carbocycles. The van der Waals surface area contributed by atoms with Crippen LogP contribution in [-0.2, 0) is 0 Å². The van der Waals surface area contributed by atoms with Crippen molar-refractivity contribution in [2.24, 2.45) is 5.92 Å². The van der Waals surface area contributed by atoms with Gasteiger partial charge in [-0.05, 0) is 56.6 Å². The van der Waals surface area contributed by atoms with Gasteiger partial charge in [-0.2, -0.15) is 0 Å². The molecule has 1 aliphatic rings. The Morgan fingerprint density at radius 3 is 3.21 bits per heavy atom. The quantitative estimate of drug-likeness (QED) is 0.914. The summed E-state index contributed by atoms with van der Waals surface area (Å²) in [7, 11) is 2.22. The highest BCUT2D eigenvalue weighted by molar-refractivity contribution is 5.82. The van der Waals surface area contributed by atoms with Crippen molar-refractivity contribution in [3.63, 3.8) is 0 Å². The molecule has 19 heavy (non-hydrogen) atoms. The minimum Gasteiger partial charge on any atom is -0.385 e. The lowest BCUT2D eigenvalue weighted by Crippen LogP contribution is -2.35. The lowest BCUT2D eigenvalue weighted by molar-refractivity contribution is 0.217. The van der Waals surface area contributed by atoms with Crippen molar-refractivity contribution in [2.45, 2.75) is 12.8 Å². The monoisotopic (exact) mass is 255 g/mol. The Kier molecular flexibility index (Phi) is 3.65. The zero-order valence-electron chi connectivity index (χ0n) is 11.5. The average molecular weight is 255 g/mol. The number of aromatic nitrogens is 1. The van der Waals surface area contributed by atoms with E-state index >= 15 is 0 Å². The maximum atomic E-state index is 4.35. The van der Waals surface area contributed by atoms with Crippen molar-refractivity contribution in [3.05, 3.63) is 36.5 Å². The Morgan fingerprint density at radius 2 is 2.32 bits per heavy atom. The largest absolute Gasteiger partial charge is 0.385 e. The van der Waals surface area contributed by atoms with Crippen LogP contribution in [0, 0.1) is 5.92 Å². The highest BCUT2D eigenvalue weighted by Crippen LogP contribution is 2.19. The zero-order chi connectivity index (χ0) is 13.1. The molecule has 100 valence electrons. The molecule has 0 spiro atoms. The van der Waals surface area contributed by atoms with Gasteiger partial charge in [0.15, 0.2) is 0 Å². The van der Waals surface area contributed by atoms with Gasteiger partial charge >= 0.3 is 0 Å². The normalized spacial score (nSPS) is 20.6. The molecule has 1 fully saturated rings. The summed E-state index contributed by atoms with van der Waals surface area (Å²) < 4.78 is 0. The van der Waals surface area contributed by atoms with Crippen LogP contribution >= 0.6 is 0 Å². The van der Waals surface area contributed by atoms with Gasteiger partial charge in [0.05, 0.1) is 5.52 Å². The molecule has 1 N–H and O–H groups in total. The van der Waals surface area contributed by atoms with E-state index in [1.165, 1.54) is 37.0 Å². The van der Waals surface area contributed by atoms with Crippen molar-refractivity contribution < 1.29 is 0 Å². The van der Waals surface area contributed by atoms with Gasteiger partial charge in [-0.3, -0.25) is 4.98 Å². The maximum absolute atomic E-state index is 4.35. The molecule has 2 aromatic rings. The van der Waals surface area contributed by atoms with Crippen molar-refractivity contribution >= 4 is 16.6 Å². The first-order valence-electron chi connectivity index (χ1n) is 7.08. The number of nitrogens with zero attached hydrogens (tertiary/aromatic N) is 2. The van der Waals surface area contributed by atoms with Crippen LogP contribution in [0.15, 0.2) is 36.5 Å². The van der Waals surface area contributed by atoms with E-state index in [-0.39, 0.29) is 0 Å². The fourth-order valence-corrected chi connectivity index (χ4v) is 2.89. The van der Waals surface area contributed by atoms with E-state index in [1.54, 1.807) is 0 Å². The fourth-order valence-electron chi connectivity index (χ4n) is 2.89. The maximum Gasteiger partial charge on any atom is 0.0703 e. The van der Waals surface area contributed by atoms with Crippen LogP contribution in [-0.4, -0.2) is 36.6 Å². The van der Waals surface area contributed by atoms with E-state index in [2.05, 4.69) is 46.5 Å². The molecule has 3 nitrogen and oxygen atoms in total. The van der Waals surface area contributed by atoms with Crippen molar-refractivity contribution in [1.82, 2.24) is 9.88 Å². The molecule has 2 heterocycles. The molecular weight excluding hydrogens is 234 g/mol. The van der Waals surface area contributed by atoms with Crippen LogP contribution in [0.1, 0.15) is 12.8 Å². The smallest absolute Gasteiger partial charge is 0.0703 e. The van der Waals surface area contributed by atoms with Gasteiger partial charge < -0.3 is 10.2 Å². The first-order valence-corrected chi connectivity index (χ1v) is 7.08. The van der Waals surface area contributed by atoms with Crippen molar-refractivity contribution in [2.75, 3.05) is 32.0 Å². The number of pyridine rings is 1. The van der Waals surface area contributed by atoms with Crippen LogP contribution < -0.4 is 5.32 Å². The Labute approximate surface area is 114 Å². The van der Waals surface area contributed by atoms with E-state index < -0.39 is 0 Å². The van der Waals surface area contributed by atoms with Gasteiger partial charge in [0.1, 0.15) is 0 Å². The Bertz CT molecular complexity index is 552. The number of hydrogen-bond acceptors (Lipinski definition) is 3. The van der Waals surface area contributed by atoms with Gasteiger partial charge in [0.2, 0.25) is 0 Å². The van der Waals surface area contributed by atoms with E-state index in [0.29, 0.717) is 0 Å². The number of piperidine rings is 1. The van der Waals surface area contributed by atoms with Crippen LogP contribution in [0.5, 0.6) is 0 Å². The standard InChI is InChI=1S/C16H21N3/c1-19-9-3-4-13(12-19)11-18-15-6-7-16-14(10-15)5-2-8-17-16/h2,5-8,10,13,18H,3-4,9,11-12H2,1H3. The Hall–Kier alpha value is -1.61. The summed E-state index contributed by atoms with van der Waals surface area (Å²) in [5, 5.41) is 4.77. The molecular formula is C16H21N3. The summed E-state index contributed by atoms with van der Waals surface area (Å²) in [5.41, 5.74) is 2.26. The topological polar surface area (TPSA) is 28.2 Å². The van der Waals surface area contributed by atoms with E-state index in [9.17, 15) is 0 Å². The van der Waals surface area contributed by atoms with Gasteiger partial charge in [0.25, 0.3) is 0 Å². The van der Waals surface area contributed by atoms with Gasteiger partial charge in [-0.1, -0.05) is 6.07 Å².